The Morgan fingerprint density at radius 2 is 1.89 bits per heavy atom. The van der Waals surface area contributed by atoms with Gasteiger partial charge in [0.25, 0.3) is 0 Å². The van der Waals surface area contributed by atoms with Crippen molar-refractivity contribution in [3.8, 4) is 5.75 Å². The van der Waals surface area contributed by atoms with E-state index < -0.39 is 22.5 Å². The highest BCUT2D eigenvalue weighted by atomic mass is 32.2. The number of ether oxygens (including phenoxy) is 1. The van der Waals surface area contributed by atoms with Crippen molar-refractivity contribution >= 4 is 21.7 Å². The van der Waals surface area contributed by atoms with E-state index in [-0.39, 0.29) is 5.75 Å². The van der Waals surface area contributed by atoms with Gasteiger partial charge in [0.05, 0.1) is 18.6 Å². The first-order valence-electron chi connectivity index (χ1n) is 5.27. The summed E-state index contributed by atoms with van der Waals surface area (Å²) in [6, 6.07) is 6.18. The summed E-state index contributed by atoms with van der Waals surface area (Å²) < 4.78 is 29.5. The molecule has 0 amide bonds. The van der Waals surface area contributed by atoms with Gasteiger partial charge in [-0.2, -0.15) is 0 Å². The number of aliphatic carboxylic acids is 1. The molecule has 0 atom stereocenters. The zero-order valence-electron chi connectivity index (χ0n) is 10.2. The third-order valence-electron chi connectivity index (χ3n) is 2.34. The third kappa shape index (κ3) is 3.36. The van der Waals surface area contributed by atoms with Gasteiger partial charge in [-0.25, -0.2) is 8.42 Å². The molecule has 0 unspecified atom stereocenters. The Balaban J connectivity index is 3.13. The molecule has 0 saturated heterocycles. The number of nitrogens with zero attached hydrogens (tertiary/aromatic N) is 1. The molecule has 0 fully saturated rings. The predicted octanol–water partition coefficient (Wildman–Crippen LogP) is 0.936. The molecule has 0 aromatic heterocycles. The second-order valence-corrected chi connectivity index (χ2v) is 5.68. The Kier molecular flexibility index (Phi) is 4.55. The highest BCUT2D eigenvalue weighted by molar-refractivity contribution is 7.92. The van der Waals surface area contributed by atoms with Crippen molar-refractivity contribution < 1.29 is 23.1 Å². The Labute approximate surface area is 106 Å². The summed E-state index contributed by atoms with van der Waals surface area (Å²) >= 11 is 0. The zero-order chi connectivity index (χ0) is 13.8. The van der Waals surface area contributed by atoms with Gasteiger partial charge in [-0.15, -0.1) is 0 Å². The summed E-state index contributed by atoms with van der Waals surface area (Å²) in [6.07, 6.45) is 0. The molecule has 1 N–H and O–H groups in total. The zero-order valence-corrected chi connectivity index (χ0v) is 11.0. The van der Waals surface area contributed by atoms with Crippen LogP contribution < -0.4 is 9.04 Å². The Morgan fingerprint density at radius 1 is 1.33 bits per heavy atom. The Morgan fingerprint density at radius 3 is 2.28 bits per heavy atom. The van der Waals surface area contributed by atoms with Gasteiger partial charge in [0, 0.05) is 0 Å². The highest BCUT2D eigenvalue weighted by Gasteiger charge is 2.23. The van der Waals surface area contributed by atoms with Gasteiger partial charge in [0.2, 0.25) is 10.0 Å². The molecule has 0 bridgehead atoms. The first kappa shape index (κ1) is 14.3. The number of sulfonamides is 1. The molecule has 100 valence electrons. The van der Waals surface area contributed by atoms with Crippen LogP contribution >= 0.6 is 0 Å². The number of hydrogen-bond acceptors (Lipinski definition) is 4. The van der Waals surface area contributed by atoms with Crippen LogP contribution in [0.5, 0.6) is 5.75 Å². The van der Waals surface area contributed by atoms with Crippen LogP contribution in [0.15, 0.2) is 24.3 Å². The van der Waals surface area contributed by atoms with Gasteiger partial charge in [-0.3, -0.25) is 9.10 Å². The van der Waals surface area contributed by atoms with Gasteiger partial charge in [-0.05, 0) is 31.2 Å². The van der Waals surface area contributed by atoms with Crippen molar-refractivity contribution in [3.63, 3.8) is 0 Å². The summed E-state index contributed by atoms with van der Waals surface area (Å²) in [5.41, 5.74) is 0.306. The maximum Gasteiger partial charge on any atom is 0.324 e. The van der Waals surface area contributed by atoms with Gasteiger partial charge in [-0.1, -0.05) is 0 Å². The summed E-state index contributed by atoms with van der Waals surface area (Å²) in [5.74, 6) is -0.794. The van der Waals surface area contributed by atoms with Crippen LogP contribution in [-0.4, -0.2) is 38.9 Å². The molecule has 0 radical (unpaired) electrons. The Bertz CT molecular complexity index is 509. The van der Waals surface area contributed by atoms with Crippen molar-refractivity contribution in [3.05, 3.63) is 24.3 Å². The van der Waals surface area contributed by atoms with E-state index in [0.29, 0.717) is 11.4 Å². The van der Waals surface area contributed by atoms with Gasteiger partial charge < -0.3 is 9.84 Å². The van der Waals surface area contributed by atoms with Crippen molar-refractivity contribution in [2.75, 3.05) is 23.7 Å². The van der Waals surface area contributed by atoms with Gasteiger partial charge >= 0.3 is 5.97 Å². The molecular weight excluding hydrogens is 258 g/mol. The fourth-order valence-corrected chi connectivity index (χ4v) is 2.44. The molecule has 1 aromatic carbocycles. The van der Waals surface area contributed by atoms with Crippen molar-refractivity contribution in [1.29, 1.82) is 0 Å². The average Bonchev–Trinajstić information content (AvgIpc) is 2.36. The smallest absolute Gasteiger partial charge is 0.324 e. The lowest BCUT2D eigenvalue weighted by Crippen LogP contribution is -2.36. The molecule has 0 aliphatic heterocycles. The van der Waals surface area contributed by atoms with Crippen LogP contribution in [0.2, 0.25) is 0 Å². The molecule has 18 heavy (non-hydrogen) atoms. The fourth-order valence-electron chi connectivity index (χ4n) is 1.38. The van der Waals surface area contributed by atoms with Crippen LogP contribution in [0.25, 0.3) is 0 Å². The SMILES string of the molecule is CCS(=O)(=O)N(CC(=O)O)c1ccc(OC)cc1. The van der Waals surface area contributed by atoms with E-state index >= 15 is 0 Å². The van der Waals surface area contributed by atoms with Crippen molar-refractivity contribution in [2.24, 2.45) is 0 Å². The number of benzene rings is 1. The molecule has 0 heterocycles. The van der Waals surface area contributed by atoms with Crippen LogP contribution in [0.3, 0.4) is 0 Å². The molecule has 0 saturated carbocycles. The third-order valence-corrected chi connectivity index (χ3v) is 4.08. The molecule has 1 aromatic rings. The minimum atomic E-state index is -3.62. The molecular formula is C11H15NO5S. The minimum absolute atomic E-state index is 0.160. The van der Waals surface area contributed by atoms with E-state index in [1.807, 2.05) is 0 Å². The van der Waals surface area contributed by atoms with Crippen molar-refractivity contribution in [1.82, 2.24) is 0 Å². The number of rotatable bonds is 6. The van der Waals surface area contributed by atoms with Gasteiger partial charge in [0.15, 0.2) is 0 Å². The second-order valence-electron chi connectivity index (χ2n) is 3.50. The highest BCUT2D eigenvalue weighted by Crippen LogP contribution is 2.21. The molecule has 1 rings (SSSR count). The van der Waals surface area contributed by atoms with Crippen LogP contribution in [0.4, 0.5) is 5.69 Å². The van der Waals surface area contributed by atoms with Crippen molar-refractivity contribution in [2.45, 2.75) is 6.92 Å². The summed E-state index contributed by atoms with van der Waals surface area (Å²) in [5, 5.41) is 8.77. The maximum absolute atomic E-state index is 11.8. The first-order valence-corrected chi connectivity index (χ1v) is 6.88. The minimum Gasteiger partial charge on any atom is -0.497 e. The molecule has 0 aliphatic carbocycles. The number of hydrogen-bond donors (Lipinski definition) is 1. The van der Waals surface area contributed by atoms with E-state index in [4.69, 9.17) is 9.84 Å². The summed E-state index contributed by atoms with van der Waals surface area (Å²) in [6.45, 7) is 0.871. The number of carboxylic acids is 1. The fraction of sp³-hybridized carbons (Fsp3) is 0.364. The lowest BCUT2D eigenvalue weighted by Gasteiger charge is -2.21. The maximum atomic E-state index is 11.8. The topological polar surface area (TPSA) is 83.9 Å². The lowest BCUT2D eigenvalue weighted by atomic mass is 10.3. The van der Waals surface area contributed by atoms with E-state index in [9.17, 15) is 13.2 Å². The Hall–Kier alpha value is -1.76. The van der Waals surface area contributed by atoms with Crippen LogP contribution in [0.1, 0.15) is 6.92 Å². The lowest BCUT2D eigenvalue weighted by molar-refractivity contribution is -0.135. The summed E-state index contributed by atoms with van der Waals surface area (Å²) in [7, 11) is -2.12. The standard InChI is InChI=1S/C11H15NO5S/c1-3-18(15,16)12(8-11(13)14)9-4-6-10(17-2)7-5-9/h4-7H,3,8H2,1-2H3,(H,13,14). The number of carbonyl (C=O) groups is 1. The normalized spacial score (nSPS) is 11.0. The van der Waals surface area contributed by atoms with Crippen LogP contribution in [0, 0.1) is 0 Å². The molecule has 0 aliphatic rings. The van der Waals surface area contributed by atoms with E-state index in [1.54, 1.807) is 12.1 Å². The number of carboxylic acid groups (broad SMARTS) is 1. The number of anilines is 1. The quantitative estimate of drug-likeness (QED) is 0.833. The molecule has 0 spiro atoms. The average molecular weight is 273 g/mol. The number of methoxy groups -OCH3 is 1. The van der Waals surface area contributed by atoms with Crippen LogP contribution in [-0.2, 0) is 14.8 Å². The van der Waals surface area contributed by atoms with Gasteiger partial charge in [0.1, 0.15) is 12.3 Å². The van der Waals surface area contributed by atoms with E-state index in [1.165, 1.54) is 26.2 Å². The largest absolute Gasteiger partial charge is 0.497 e. The summed E-state index contributed by atoms with van der Waals surface area (Å²) in [4.78, 5) is 10.7. The molecule has 7 heteroatoms. The van der Waals surface area contributed by atoms with E-state index in [0.717, 1.165) is 4.31 Å². The molecule has 6 nitrogen and oxygen atoms in total. The second kappa shape index (κ2) is 5.72. The monoisotopic (exact) mass is 273 g/mol. The van der Waals surface area contributed by atoms with E-state index in [2.05, 4.69) is 0 Å². The first-order chi connectivity index (χ1) is 8.40. The predicted molar refractivity (Wildman–Crippen MR) is 67.4 cm³/mol.